The molecule has 1 rings (SSSR count). The first-order chi connectivity index (χ1) is 8.84. The summed E-state index contributed by atoms with van der Waals surface area (Å²) in [5.41, 5.74) is 0.962. The molecule has 0 saturated carbocycles. The van der Waals surface area contributed by atoms with E-state index in [4.69, 9.17) is 0 Å². The molecule has 0 amide bonds. The molecule has 1 aromatic heterocycles. The zero-order valence-corrected chi connectivity index (χ0v) is 13.6. The van der Waals surface area contributed by atoms with E-state index in [-0.39, 0.29) is 5.75 Å². The molecule has 0 radical (unpaired) electrons. The molecule has 7 heteroatoms. The minimum atomic E-state index is -3.29. The lowest BCUT2D eigenvalue weighted by Gasteiger charge is -2.08. The maximum absolute atomic E-state index is 11.9. The third kappa shape index (κ3) is 5.88. The van der Waals surface area contributed by atoms with Gasteiger partial charge in [0.05, 0.1) is 11.4 Å². The molecule has 110 valence electrons. The van der Waals surface area contributed by atoms with Gasteiger partial charge in [-0.05, 0) is 26.3 Å². The van der Waals surface area contributed by atoms with Crippen molar-refractivity contribution >= 4 is 26.5 Å². The Morgan fingerprint density at radius 3 is 2.58 bits per heavy atom. The van der Waals surface area contributed by atoms with Crippen molar-refractivity contribution in [1.29, 1.82) is 0 Å². The number of aromatic nitrogens is 1. The van der Waals surface area contributed by atoms with Crippen molar-refractivity contribution in [1.82, 2.24) is 10.3 Å². The minimum Gasteiger partial charge on any atom is -0.314 e. The molecule has 0 unspecified atom stereocenters. The van der Waals surface area contributed by atoms with E-state index in [1.54, 1.807) is 0 Å². The number of hydrogen-bond donors (Lipinski definition) is 2. The smallest absolute Gasteiger partial charge is 0.234 e. The van der Waals surface area contributed by atoms with Crippen LogP contribution in [-0.4, -0.2) is 31.7 Å². The van der Waals surface area contributed by atoms with Crippen molar-refractivity contribution < 1.29 is 8.42 Å². The molecule has 0 atom stereocenters. The Morgan fingerprint density at radius 1 is 1.37 bits per heavy atom. The van der Waals surface area contributed by atoms with Gasteiger partial charge >= 0.3 is 0 Å². The van der Waals surface area contributed by atoms with Gasteiger partial charge < -0.3 is 5.32 Å². The maximum Gasteiger partial charge on any atom is 0.234 e. The molecule has 0 aromatic carbocycles. The summed E-state index contributed by atoms with van der Waals surface area (Å²) in [5.74, 6) is 0.118. The van der Waals surface area contributed by atoms with Crippen molar-refractivity contribution in [2.75, 3.05) is 17.0 Å². The van der Waals surface area contributed by atoms with Crippen LogP contribution in [0.3, 0.4) is 0 Å². The summed E-state index contributed by atoms with van der Waals surface area (Å²) in [6.45, 7) is 8.75. The van der Waals surface area contributed by atoms with Gasteiger partial charge in [-0.1, -0.05) is 20.8 Å². The fourth-order valence-electron chi connectivity index (χ4n) is 1.64. The number of aryl methyl sites for hydroxylation is 2. The fourth-order valence-corrected chi connectivity index (χ4v) is 3.88. The Morgan fingerprint density at radius 2 is 2.05 bits per heavy atom. The molecule has 0 aliphatic heterocycles. The van der Waals surface area contributed by atoms with Gasteiger partial charge in [-0.3, -0.25) is 4.72 Å². The lowest BCUT2D eigenvalue weighted by atomic mass is 10.3. The molecule has 0 saturated heterocycles. The number of nitrogens with one attached hydrogen (secondary N) is 2. The monoisotopic (exact) mass is 305 g/mol. The van der Waals surface area contributed by atoms with E-state index in [0.29, 0.717) is 24.1 Å². The molecule has 5 nitrogen and oxygen atoms in total. The number of anilines is 1. The molecular formula is C12H23N3O2S2. The Bertz CT molecular complexity index is 495. The summed E-state index contributed by atoms with van der Waals surface area (Å²) in [5, 5.41) is 3.68. The molecular weight excluding hydrogens is 282 g/mol. The lowest BCUT2D eigenvalue weighted by Crippen LogP contribution is -2.26. The average molecular weight is 305 g/mol. The molecule has 0 spiro atoms. The first-order valence-corrected chi connectivity index (χ1v) is 9.01. The molecule has 19 heavy (non-hydrogen) atoms. The summed E-state index contributed by atoms with van der Waals surface area (Å²) in [6.07, 6.45) is 1.42. The quantitative estimate of drug-likeness (QED) is 0.722. The van der Waals surface area contributed by atoms with Crippen molar-refractivity contribution in [2.24, 2.45) is 0 Å². The second-order valence-electron chi connectivity index (χ2n) is 4.76. The van der Waals surface area contributed by atoms with Crippen LogP contribution >= 0.6 is 11.3 Å². The largest absolute Gasteiger partial charge is 0.314 e. The topological polar surface area (TPSA) is 71.1 Å². The number of rotatable bonds is 8. The van der Waals surface area contributed by atoms with Crippen molar-refractivity contribution in [3.05, 3.63) is 10.6 Å². The van der Waals surface area contributed by atoms with E-state index >= 15 is 0 Å². The second-order valence-corrected chi connectivity index (χ2v) is 7.80. The van der Waals surface area contributed by atoms with Gasteiger partial charge in [-0.2, -0.15) is 0 Å². The number of nitrogens with zero attached hydrogens (tertiary/aromatic N) is 1. The molecule has 0 aliphatic rings. The third-order valence-electron chi connectivity index (χ3n) is 2.61. The standard InChI is InChI=1S/C12H23N3O2S2/c1-5-11-10(4)18-12(14-11)15-19(16,17)8-6-7-13-9(2)3/h9,13H,5-8H2,1-4H3,(H,14,15). The predicted molar refractivity (Wildman–Crippen MR) is 81.4 cm³/mol. The van der Waals surface area contributed by atoms with Gasteiger partial charge in [-0.15, -0.1) is 11.3 Å². The summed E-state index contributed by atoms with van der Waals surface area (Å²) < 4.78 is 26.3. The van der Waals surface area contributed by atoms with Crippen LogP contribution in [0.5, 0.6) is 0 Å². The van der Waals surface area contributed by atoms with Crippen LogP contribution in [0.4, 0.5) is 5.13 Å². The van der Waals surface area contributed by atoms with Crippen LogP contribution in [0, 0.1) is 6.92 Å². The normalized spacial score (nSPS) is 12.1. The highest BCUT2D eigenvalue weighted by Crippen LogP contribution is 2.23. The number of hydrogen-bond acceptors (Lipinski definition) is 5. The van der Waals surface area contributed by atoms with Crippen LogP contribution < -0.4 is 10.0 Å². The van der Waals surface area contributed by atoms with Crippen LogP contribution in [0.15, 0.2) is 0 Å². The summed E-state index contributed by atoms with van der Waals surface area (Å²) in [7, 11) is -3.29. The zero-order valence-electron chi connectivity index (χ0n) is 12.0. The van der Waals surface area contributed by atoms with E-state index in [2.05, 4.69) is 15.0 Å². The average Bonchev–Trinajstić information content (AvgIpc) is 2.64. The summed E-state index contributed by atoms with van der Waals surface area (Å²) in [4.78, 5) is 5.35. The maximum atomic E-state index is 11.9. The van der Waals surface area contributed by atoms with Gasteiger partial charge in [0.2, 0.25) is 10.0 Å². The third-order valence-corrected chi connectivity index (χ3v) is 5.00. The molecule has 0 fully saturated rings. The van der Waals surface area contributed by atoms with Gasteiger partial charge in [0, 0.05) is 10.9 Å². The van der Waals surface area contributed by atoms with E-state index in [1.807, 2.05) is 27.7 Å². The molecule has 1 heterocycles. The van der Waals surface area contributed by atoms with E-state index in [1.165, 1.54) is 11.3 Å². The van der Waals surface area contributed by atoms with Crippen molar-refractivity contribution in [2.45, 2.75) is 46.6 Å². The fraction of sp³-hybridized carbons (Fsp3) is 0.750. The Balaban J connectivity index is 2.49. The Kier molecular flexibility index (Phi) is 6.22. The van der Waals surface area contributed by atoms with Crippen LogP contribution in [-0.2, 0) is 16.4 Å². The molecule has 1 aromatic rings. The lowest BCUT2D eigenvalue weighted by molar-refractivity contribution is 0.571. The predicted octanol–water partition coefficient (Wildman–Crippen LogP) is 2.14. The highest BCUT2D eigenvalue weighted by molar-refractivity contribution is 7.92. The minimum absolute atomic E-state index is 0.118. The van der Waals surface area contributed by atoms with Crippen molar-refractivity contribution in [3.63, 3.8) is 0 Å². The summed E-state index contributed by atoms with van der Waals surface area (Å²) >= 11 is 1.39. The van der Waals surface area contributed by atoms with Gasteiger partial charge in [0.15, 0.2) is 5.13 Å². The number of thiazole rings is 1. The summed E-state index contributed by atoms with van der Waals surface area (Å²) in [6, 6.07) is 0.379. The van der Waals surface area contributed by atoms with Crippen molar-refractivity contribution in [3.8, 4) is 0 Å². The second kappa shape index (κ2) is 7.21. The van der Waals surface area contributed by atoms with Gasteiger partial charge in [-0.25, -0.2) is 13.4 Å². The first-order valence-electron chi connectivity index (χ1n) is 6.54. The molecule has 2 N–H and O–H groups in total. The zero-order chi connectivity index (χ0) is 14.5. The van der Waals surface area contributed by atoms with E-state index in [9.17, 15) is 8.42 Å². The highest BCUT2D eigenvalue weighted by atomic mass is 32.2. The highest BCUT2D eigenvalue weighted by Gasteiger charge is 2.14. The van der Waals surface area contributed by atoms with E-state index < -0.39 is 10.0 Å². The Hall–Kier alpha value is -0.660. The van der Waals surface area contributed by atoms with Crippen LogP contribution in [0.1, 0.15) is 37.8 Å². The molecule has 0 aliphatic carbocycles. The van der Waals surface area contributed by atoms with E-state index in [0.717, 1.165) is 17.0 Å². The first kappa shape index (κ1) is 16.4. The van der Waals surface area contributed by atoms with Crippen LogP contribution in [0.2, 0.25) is 0 Å². The van der Waals surface area contributed by atoms with Crippen LogP contribution in [0.25, 0.3) is 0 Å². The van der Waals surface area contributed by atoms with Gasteiger partial charge in [0.25, 0.3) is 0 Å². The molecule has 0 bridgehead atoms. The number of sulfonamides is 1. The van der Waals surface area contributed by atoms with Gasteiger partial charge in [0.1, 0.15) is 0 Å². The SMILES string of the molecule is CCc1nc(NS(=O)(=O)CCCNC(C)C)sc1C. The Labute approximate surface area is 119 Å².